The minimum atomic E-state index is 0.533. The topological polar surface area (TPSA) is 27.0 Å². The predicted molar refractivity (Wildman–Crippen MR) is 74.1 cm³/mol. The van der Waals surface area contributed by atoms with Crippen LogP contribution < -0.4 is 0 Å². The molecule has 1 fully saturated rings. The van der Waals surface area contributed by atoms with Crippen molar-refractivity contribution in [3.05, 3.63) is 35.4 Å². The monoisotopic (exact) mass is 242 g/mol. The Morgan fingerprint density at radius 2 is 1.94 bits per heavy atom. The summed E-state index contributed by atoms with van der Waals surface area (Å²) in [5.41, 5.74) is 2.52. The summed E-state index contributed by atoms with van der Waals surface area (Å²) in [5.74, 6) is 0. The van der Waals surface area contributed by atoms with E-state index in [-0.39, 0.29) is 0 Å². The molecule has 0 unspecified atom stereocenters. The van der Waals surface area contributed by atoms with Crippen molar-refractivity contribution in [2.24, 2.45) is 5.41 Å². The van der Waals surface area contributed by atoms with E-state index in [4.69, 9.17) is 5.26 Å². The van der Waals surface area contributed by atoms with E-state index < -0.39 is 0 Å². The molecule has 0 amide bonds. The van der Waals surface area contributed by atoms with Crippen LogP contribution in [-0.2, 0) is 6.54 Å². The second-order valence-corrected chi connectivity index (χ2v) is 5.71. The highest BCUT2D eigenvalue weighted by Gasteiger charge is 2.28. The summed E-state index contributed by atoms with van der Waals surface area (Å²) in [5, 5.41) is 9.10. The molecule has 0 N–H and O–H groups in total. The highest BCUT2D eigenvalue weighted by atomic mass is 15.1. The zero-order valence-electron chi connectivity index (χ0n) is 11.4. The highest BCUT2D eigenvalue weighted by molar-refractivity contribution is 5.37. The third-order valence-corrected chi connectivity index (χ3v) is 4.45. The second-order valence-electron chi connectivity index (χ2n) is 5.71. The van der Waals surface area contributed by atoms with Gasteiger partial charge in [0.2, 0.25) is 0 Å². The standard InChI is InChI=1S/C16H22N2/c1-3-16(2)8-10-18(11-9-16)13-15-7-5-4-6-14(15)12-17/h4-7H,3,8-11,13H2,1-2H3. The van der Waals surface area contributed by atoms with Gasteiger partial charge in [-0.15, -0.1) is 0 Å². The maximum absolute atomic E-state index is 9.10. The molecular formula is C16H22N2. The summed E-state index contributed by atoms with van der Waals surface area (Å²) in [4.78, 5) is 2.48. The Morgan fingerprint density at radius 3 is 2.56 bits per heavy atom. The summed E-state index contributed by atoms with van der Waals surface area (Å²) >= 11 is 0. The van der Waals surface area contributed by atoms with Crippen molar-refractivity contribution in [3.63, 3.8) is 0 Å². The second kappa shape index (κ2) is 5.54. The van der Waals surface area contributed by atoms with Crippen molar-refractivity contribution in [2.75, 3.05) is 13.1 Å². The van der Waals surface area contributed by atoms with Crippen molar-refractivity contribution in [3.8, 4) is 6.07 Å². The van der Waals surface area contributed by atoms with Gasteiger partial charge in [-0.1, -0.05) is 38.5 Å². The number of benzene rings is 1. The number of likely N-dealkylation sites (tertiary alicyclic amines) is 1. The van der Waals surface area contributed by atoms with Crippen LogP contribution in [0.5, 0.6) is 0 Å². The molecule has 1 aromatic carbocycles. The van der Waals surface area contributed by atoms with Crippen LogP contribution in [0, 0.1) is 16.7 Å². The van der Waals surface area contributed by atoms with Gasteiger partial charge >= 0.3 is 0 Å². The van der Waals surface area contributed by atoms with Crippen LogP contribution in [0.25, 0.3) is 0 Å². The molecule has 0 bridgehead atoms. The van der Waals surface area contributed by atoms with Gasteiger partial charge in [-0.2, -0.15) is 5.26 Å². The Balaban J connectivity index is 1.98. The largest absolute Gasteiger partial charge is 0.299 e. The van der Waals surface area contributed by atoms with Crippen molar-refractivity contribution < 1.29 is 0 Å². The molecule has 2 rings (SSSR count). The smallest absolute Gasteiger partial charge is 0.0995 e. The number of hydrogen-bond acceptors (Lipinski definition) is 2. The molecule has 1 aliphatic rings. The SMILES string of the molecule is CCC1(C)CCN(Cc2ccccc2C#N)CC1. The Kier molecular flexibility index (Phi) is 4.04. The molecule has 0 saturated carbocycles. The third kappa shape index (κ3) is 2.91. The fourth-order valence-corrected chi connectivity index (χ4v) is 2.61. The Labute approximate surface area is 110 Å². The van der Waals surface area contributed by atoms with Crippen molar-refractivity contribution >= 4 is 0 Å². The Morgan fingerprint density at radius 1 is 1.28 bits per heavy atom. The first-order chi connectivity index (χ1) is 8.67. The zero-order chi connectivity index (χ0) is 13.0. The molecule has 1 aromatic rings. The van der Waals surface area contributed by atoms with Gasteiger partial charge in [0.15, 0.2) is 0 Å². The van der Waals surface area contributed by atoms with Gasteiger partial charge in [-0.25, -0.2) is 0 Å². The van der Waals surface area contributed by atoms with Crippen LogP contribution in [0.4, 0.5) is 0 Å². The van der Waals surface area contributed by atoms with E-state index in [0.29, 0.717) is 5.41 Å². The van der Waals surface area contributed by atoms with Gasteiger partial charge in [0.05, 0.1) is 11.6 Å². The number of nitrogens with zero attached hydrogens (tertiary/aromatic N) is 2. The predicted octanol–water partition coefficient (Wildman–Crippen LogP) is 3.57. The highest BCUT2D eigenvalue weighted by Crippen LogP contribution is 2.34. The van der Waals surface area contributed by atoms with Crippen molar-refractivity contribution in [1.82, 2.24) is 4.90 Å². The van der Waals surface area contributed by atoms with Crippen LogP contribution in [0.1, 0.15) is 44.2 Å². The summed E-state index contributed by atoms with van der Waals surface area (Å²) in [7, 11) is 0. The van der Waals surface area contributed by atoms with Crippen LogP contribution in [0.3, 0.4) is 0 Å². The quantitative estimate of drug-likeness (QED) is 0.810. The van der Waals surface area contributed by atoms with Gasteiger partial charge in [-0.05, 0) is 43.0 Å². The first kappa shape index (κ1) is 13.1. The lowest BCUT2D eigenvalue weighted by molar-refractivity contribution is 0.109. The molecule has 0 radical (unpaired) electrons. The van der Waals surface area contributed by atoms with E-state index in [1.54, 1.807) is 0 Å². The molecule has 0 atom stereocenters. The number of nitriles is 1. The van der Waals surface area contributed by atoms with Gasteiger partial charge in [-0.3, -0.25) is 4.90 Å². The molecular weight excluding hydrogens is 220 g/mol. The summed E-state index contributed by atoms with van der Waals surface area (Å²) in [6.45, 7) is 7.92. The third-order valence-electron chi connectivity index (χ3n) is 4.45. The first-order valence-corrected chi connectivity index (χ1v) is 6.87. The van der Waals surface area contributed by atoms with E-state index in [1.807, 2.05) is 18.2 Å². The maximum Gasteiger partial charge on any atom is 0.0995 e. The maximum atomic E-state index is 9.10. The van der Waals surface area contributed by atoms with Gasteiger partial charge < -0.3 is 0 Å². The molecule has 1 heterocycles. The molecule has 0 aromatic heterocycles. The number of rotatable bonds is 3. The van der Waals surface area contributed by atoms with E-state index in [0.717, 1.165) is 25.2 Å². The van der Waals surface area contributed by atoms with E-state index in [1.165, 1.54) is 24.8 Å². The molecule has 1 aliphatic heterocycles. The zero-order valence-corrected chi connectivity index (χ0v) is 11.4. The fraction of sp³-hybridized carbons (Fsp3) is 0.562. The van der Waals surface area contributed by atoms with E-state index >= 15 is 0 Å². The average Bonchev–Trinajstić information content (AvgIpc) is 2.42. The van der Waals surface area contributed by atoms with Gasteiger partial charge in [0.1, 0.15) is 0 Å². The minimum absolute atomic E-state index is 0.533. The molecule has 2 nitrogen and oxygen atoms in total. The lowest BCUT2D eigenvalue weighted by Crippen LogP contribution is -2.38. The van der Waals surface area contributed by atoms with Crippen molar-refractivity contribution in [1.29, 1.82) is 5.26 Å². The van der Waals surface area contributed by atoms with Gasteiger partial charge in [0.25, 0.3) is 0 Å². The minimum Gasteiger partial charge on any atom is -0.299 e. The van der Waals surface area contributed by atoms with Crippen molar-refractivity contribution in [2.45, 2.75) is 39.7 Å². The molecule has 18 heavy (non-hydrogen) atoms. The molecule has 96 valence electrons. The fourth-order valence-electron chi connectivity index (χ4n) is 2.61. The van der Waals surface area contributed by atoms with Crippen LogP contribution in [0.2, 0.25) is 0 Å². The Hall–Kier alpha value is -1.33. The average molecular weight is 242 g/mol. The molecule has 0 aliphatic carbocycles. The summed E-state index contributed by atoms with van der Waals surface area (Å²) < 4.78 is 0. The summed E-state index contributed by atoms with van der Waals surface area (Å²) in [6, 6.07) is 10.2. The number of piperidine rings is 1. The summed E-state index contributed by atoms with van der Waals surface area (Å²) in [6.07, 6.45) is 3.83. The van der Waals surface area contributed by atoms with E-state index in [2.05, 4.69) is 30.9 Å². The molecule has 2 heteroatoms. The van der Waals surface area contributed by atoms with Crippen LogP contribution >= 0.6 is 0 Å². The van der Waals surface area contributed by atoms with Crippen LogP contribution in [0.15, 0.2) is 24.3 Å². The van der Waals surface area contributed by atoms with Gasteiger partial charge in [0, 0.05) is 6.54 Å². The lowest BCUT2D eigenvalue weighted by atomic mass is 9.78. The van der Waals surface area contributed by atoms with Crippen LogP contribution in [-0.4, -0.2) is 18.0 Å². The first-order valence-electron chi connectivity index (χ1n) is 6.87. The lowest BCUT2D eigenvalue weighted by Gasteiger charge is -2.39. The molecule has 1 saturated heterocycles. The Bertz CT molecular complexity index is 437. The normalized spacial score (nSPS) is 19.4. The number of hydrogen-bond donors (Lipinski definition) is 0. The van der Waals surface area contributed by atoms with E-state index in [9.17, 15) is 0 Å². The molecule has 0 spiro atoms.